The molecule has 1 saturated carbocycles. The molecule has 3 heterocycles. The van der Waals surface area contributed by atoms with Gasteiger partial charge in [0.2, 0.25) is 0 Å². The van der Waals surface area contributed by atoms with Crippen molar-refractivity contribution in [2.75, 3.05) is 6.54 Å². The number of rotatable bonds is 2. The Balaban J connectivity index is 1.51. The Morgan fingerprint density at radius 2 is 2.07 bits per heavy atom. The van der Waals surface area contributed by atoms with Gasteiger partial charge < -0.3 is 9.88 Å². The molecule has 2 aromatic heterocycles. The molecule has 0 radical (unpaired) electrons. The lowest BCUT2D eigenvalue weighted by atomic mass is 9.80. The first-order chi connectivity index (χ1) is 13.2. The van der Waals surface area contributed by atoms with Crippen LogP contribution in [0.3, 0.4) is 0 Å². The molecule has 1 aromatic carbocycles. The molecular formula is C19H21FN6O. The third-order valence-electron chi connectivity index (χ3n) is 6.09. The fraction of sp³-hybridized carbons (Fsp3) is 0.474. The fourth-order valence-corrected chi connectivity index (χ4v) is 4.69. The van der Waals surface area contributed by atoms with E-state index in [-0.39, 0.29) is 11.7 Å². The van der Waals surface area contributed by atoms with E-state index in [2.05, 4.69) is 20.5 Å². The van der Waals surface area contributed by atoms with Gasteiger partial charge in [-0.25, -0.2) is 9.07 Å². The smallest absolute Gasteiger partial charge is 0.251 e. The molecule has 1 N–H and O–H groups in total. The zero-order chi connectivity index (χ0) is 18.4. The number of carbonyl (C=O) groups is 1. The number of H-pyrrole nitrogens is 1. The molecule has 0 saturated heterocycles. The van der Waals surface area contributed by atoms with Gasteiger partial charge in [0, 0.05) is 41.7 Å². The van der Waals surface area contributed by atoms with Crippen LogP contribution < -0.4 is 0 Å². The number of aromatic amines is 1. The Morgan fingerprint density at radius 1 is 1.22 bits per heavy atom. The highest BCUT2D eigenvalue weighted by atomic mass is 19.1. The zero-order valence-corrected chi connectivity index (χ0v) is 15.0. The quantitative estimate of drug-likeness (QED) is 0.754. The van der Waals surface area contributed by atoms with Crippen LogP contribution in [0.25, 0.3) is 10.9 Å². The molecule has 0 bridgehead atoms. The van der Waals surface area contributed by atoms with Crippen LogP contribution in [-0.2, 0) is 23.3 Å². The van der Waals surface area contributed by atoms with Gasteiger partial charge in [-0.1, -0.05) is 19.3 Å². The Bertz CT molecular complexity index is 989. The van der Waals surface area contributed by atoms with Crippen molar-refractivity contribution in [2.24, 2.45) is 0 Å². The van der Waals surface area contributed by atoms with E-state index in [1.807, 2.05) is 4.90 Å². The highest BCUT2D eigenvalue weighted by molar-refractivity contribution is 5.88. The highest BCUT2D eigenvalue weighted by Gasteiger charge is 2.45. The molecular weight excluding hydrogens is 347 g/mol. The summed E-state index contributed by atoms with van der Waals surface area (Å²) in [7, 11) is 0. The van der Waals surface area contributed by atoms with Gasteiger partial charge in [0.25, 0.3) is 5.91 Å². The summed E-state index contributed by atoms with van der Waals surface area (Å²) in [5.74, 6) is -0.184. The largest absolute Gasteiger partial charge is 0.358 e. The predicted molar refractivity (Wildman–Crippen MR) is 96.3 cm³/mol. The van der Waals surface area contributed by atoms with Gasteiger partial charge in [0.05, 0.1) is 0 Å². The number of tetrazole rings is 1. The van der Waals surface area contributed by atoms with Crippen molar-refractivity contribution < 1.29 is 9.18 Å². The minimum Gasteiger partial charge on any atom is -0.358 e. The number of hydrogen-bond acceptors (Lipinski definition) is 4. The second-order valence-electron chi connectivity index (χ2n) is 7.60. The summed E-state index contributed by atoms with van der Waals surface area (Å²) in [6, 6.07) is 4.77. The molecule has 3 aromatic rings. The average Bonchev–Trinajstić information content (AvgIpc) is 3.36. The molecule has 1 fully saturated rings. The maximum atomic E-state index is 13.8. The summed E-state index contributed by atoms with van der Waals surface area (Å²) >= 11 is 0. The number of nitrogens with zero attached hydrogens (tertiary/aromatic N) is 5. The third kappa shape index (κ3) is 2.54. The van der Waals surface area contributed by atoms with E-state index >= 15 is 0 Å². The number of benzene rings is 1. The number of hydrogen-bond donors (Lipinski definition) is 1. The van der Waals surface area contributed by atoms with Gasteiger partial charge in [0.1, 0.15) is 17.7 Å². The van der Waals surface area contributed by atoms with Crippen molar-refractivity contribution in [3.63, 3.8) is 0 Å². The lowest BCUT2D eigenvalue weighted by molar-refractivity contribution is -0.144. The van der Waals surface area contributed by atoms with Crippen molar-refractivity contribution in [2.45, 2.75) is 50.6 Å². The van der Waals surface area contributed by atoms with Crippen LogP contribution in [0.1, 0.15) is 43.4 Å². The third-order valence-corrected chi connectivity index (χ3v) is 6.09. The average molecular weight is 368 g/mol. The highest BCUT2D eigenvalue weighted by Crippen LogP contribution is 2.38. The summed E-state index contributed by atoms with van der Waals surface area (Å²) in [6.45, 7) is 1.13. The van der Waals surface area contributed by atoms with Gasteiger partial charge >= 0.3 is 0 Å². The Morgan fingerprint density at radius 3 is 2.85 bits per heavy atom. The fourth-order valence-electron chi connectivity index (χ4n) is 4.69. The molecule has 7 nitrogen and oxygen atoms in total. The van der Waals surface area contributed by atoms with E-state index in [4.69, 9.17) is 0 Å². The maximum Gasteiger partial charge on any atom is 0.251 e. The van der Waals surface area contributed by atoms with Gasteiger partial charge in [-0.05, 0) is 41.5 Å². The van der Waals surface area contributed by atoms with Gasteiger partial charge in [-0.15, -0.1) is 5.10 Å². The molecule has 1 amide bonds. The summed E-state index contributed by atoms with van der Waals surface area (Å²) in [5.41, 5.74) is 2.34. The summed E-state index contributed by atoms with van der Waals surface area (Å²) in [6.07, 6.45) is 6.91. The zero-order valence-electron chi connectivity index (χ0n) is 15.0. The lowest BCUT2D eigenvalue weighted by Gasteiger charge is -2.40. The van der Waals surface area contributed by atoms with Crippen LogP contribution in [0.2, 0.25) is 0 Å². The second kappa shape index (κ2) is 6.14. The van der Waals surface area contributed by atoms with Crippen molar-refractivity contribution in [3.05, 3.63) is 41.6 Å². The van der Waals surface area contributed by atoms with E-state index in [1.165, 1.54) is 6.07 Å². The number of aromatic nitrogens is 5. The standard InChI is InChI=1S/C19H21FN6O/c20-13-4-5-16-14(10-13)15-11-25(9-6-17(15)22-16)18(27)19(7-2-1-3-8-19)26-12-21-23-24-26/h4-5,10,12,22H,1-3,6-9,11H2. The minimum absolute atomic E-state index is 0.0749. The van der Waals surface area contributed by atoms with Crippen molar-refractivity contribution >= 4 is 16.8 Å². The van der Waals surface area contributed by atoms with Crippen LogP contribution in [0.5, 0.6) is 0 Å². The molecule has 140 valence electrons. The number of fused-ring (bicyclic) bond motifs is 3. The first-order valence-corrected chi connectivity index (χ1v) is 9.49. The second-order valence-corrected chi connectivity index (χ2v) is 7.60. The van der Waals surface area contributed by atoms with Crippen molar-refractivity contribution in [3.8, 4) is 0 Å². The van der Waals surface area contributed by atoms with Crippen LogP contribution in [0.4, 0.5) is 4.39 Å². The number of carbonyl (C=O) groups excluding carboxylic acids is 1. The molecule has 27 heavy (non-hydrogen) atoms. The SMILES string of the molecule is O=C(N1CCc2[nH]c3ccc(F)cc3c2C1)C1(n2cnnn2)CCCCC1. The van der Waals surface area contributed by atoms with Gasteiger partial charge in [-0.3, -0.25) is 4.79 Å². The van der Waals surface area contributed by atoms with E-state index in [9.17, 15) is 9.18 Å². The van der Waals surface area contributed by atoms with E-state index < -0.39 is 5.54 Å². The van der Waals surface area contributed by atoms with Gasteiger partial charge in [-0.2, -0.15) is 0 Å². The molecule has 1 aliphatic heterocycles. The molecule has 1 aliphatic carbocycles. The minimum atomic E-state index is -0.698. The Hall–Kier alpha value is -2.77. The van der Waals surface area contributed by atoms with E-state index in [0.29, 0.717) is 13.1 Å². The summed E-state index contributed by atoms with van der Waals surface area (Å²) in [5, 5.41) is 12.5. The molecule has 0 spiro atoms. The number of amides is 1. The predicted octanol–water partition coefficient (Wildman–Crippen LogP) is 2.54. The Labute approximate surface area is 155 Å². The van der Waals surface area contributed by atoms with Crippen molar-refractivity contribution in [1.82, 2.24) is 30.1 Å². The van der Waals surface area contributed by atoms with Crippen LogP contribution in [0.15, 0.2) is 24.5 Å². The molecule has 5 rings (SSSR count). The first-order valence-electron chi connectivity index (χ1n) is 9.49. The monoisotopic (exact) mass is 368 g/mol. The topological polar surface area (TPSA) is 79.7 Å². The van der Waals surface area contributed by atoms with Crippen LogP contribution in [0, 0.1) is 5.82 Å². The summed E-state index contributed by atoms with van der Waals surface area (Å²) in [4.78, 5) is 18.9. The van der Waals surface area contributed by atoms with Crippen LogP contribution in [-0.4, -0.2) is 42.5 Å². The normalized spacial score (nSPS) is 19.2. The first kappa shape index (κ1) is 16.4. The number of nitrogens with one attached hydrogen (secondary N) is 1. The summed E-state index contributed by atoms with van der Waals surface area (Å²) < 4.78 is 15.4. The molecule has 2 aliphatic rings. The lowest BCUT2D eigenvalue weighted by Crippen LogP contribution is -2.53. The Kier molecular flexibility index (Phi) is 3.73. The molecule has 8 heteroatoms. The van der Waals surface area contributed by atoms with E-state index in [1.54, 1.807) is 23.1 Å². The van der Waals surface area contributed by atoms with Crippen molar-refractivity contribution in [1.29, 1.82) is 0 Å². The molecule has 0 atom stereocenters. The van der Waals surface area contributed by atoms with Gasteiger partial charge in [0.15, 0.2) is 0 Å². The van der Waals surface area contributed by atoms with Crippen LogP contribution >= 0.6 is 0 Å². The molecule has 0 unspecified atom stereocenters. The van der Waals surface area contributed by atoms with E-state index in [0.717, 1.165) is 60.7 Å². The number of halogens is 1. The maximum absolute atomic E-state index is 13.8.